The number of hydrogen-bond acceptors (Lipinski definition) is 6. The highest BCUT2D eigenvalue weighted by Crippen LogP contribution is 2.31. The van der Waals surface area contributed by atoms with Crippen molar-refractivity contribution in [1.82, 2.24) is 9.78 Å². The fraction of sp³-hybridized carbons (Fsp3) is 0.312. The first-order valence-electron chi connectivity index (χ1n) is 7.70. The van der Waals surface area contributed by atoms with Gasteiger partial charge < -0.3 is 9.80 Å². The summed E-state index contributed by atoms with van der Waals surface area (Å²) in [7, 11) is 1.77. The van der Waals surface area contributed by atoms with Gasteiger partial charge >= 0.3 is 0 Å². The molecule has 0 spiro atoms. The fourth-order valence-electron chi connectivity index (χ4n) is 2.86. The van der Waals surface area contributed by atoms with Crippen LogP contribution in [0.4, 0.5) is 17.1 Å². The molecule has 0 N–H and O–H groups in total. The maximum atomic E-state index is 12.5. The minimum Gasteiger partial charge on any atom is -0.355 e. The van der Waals surface area contributed by atoms with E-state index in [4.69, 9.17) is 0 Å². The van der Waals surface area contributed by atoms with Crippen molar-refractivity contribution >= 4 is 28.8 Å². The van der Waals surface area contributed by atoms with E-state index in [0.717, 1.165) is 0 Å². The predicted octanol–water partition coefficient (Wildman–Crippen LogP) is 1.38. The summed E-state index contributed by atoms with van der Waals surface area (Å²) in [5.74, 6) is -0.406. The molecule has 25 heavy (non-hydrogen) atoms. The Morgan fingerprint density at radius 1 is 1.32 bits per heavy atom. The van der Waals surface area contributed by atoms with Gasteiger partial charge in [-0.3, -0.25) is 24.4 Å². The van der Waals surface area contributed by atoms with E-state index in [9.17, 15) is 19.7 Å². The Balaban J connectivity index is 1.85. The maximum Gasteiger partial charge on any atom is 0.293 e. The van der Waals surface area contributed by atoms with Gasteiger partial charge in [-0.2, -0.15) is 5.10 Å². The SMILES string of the molecule is CC(=O)c1ccc(N2CCN(c3cnn(C)c3)C(=O)C2)c([N+](=O)[O-])c1. The van der Waals surface area contributed by atoms with Crippen LogP contribution < -0.4 is 9.80 Å². The summed E-state index contributed by atoms with van der Waals surface area (Å²) < 4.78 is 1.61. The lowest BCUT2D eigenvalue weighted by atomic mass is 10.1. The zero-order chi connectivity index (χ0) is 18.1. The lowest BCUT2D eigenvalue weighted by Gasteiger charge is -2.34. The zero-order valence-electron chi connectivity index (χ0n) is 13.9. The fourth-order valence-corrected chi connectivity index (χ4v) is 2.86. The van der Waals surface area contributed by atoms with Gasteiger partial charge in [-0.25, -0.2) is 0 Å². The second-order valence-electron chi connectivity index (χ2n) is 5.86. The van der Waals surface area contributed by atoms with Crippen molar-refractivity contribution in [3.05, 3.63) is 46.3 Å². The quantitative estimate of drug-likeness (QED) is 0.472. The largest absolute Gasteiger partial charge is 0.355 e. The lowest BCUT2D eigenvalue weighted by molar-refractivity contribution is -0.384. The van der Waals surface area contributed by atoms with Gasteiger partial charge in [0, 0.05) is 38.0 Å². The first kappa shape index (κ1) is 16.6. The molecule has 3 rings (SSSR count). The van der Waals surface area contributed by atoms with Gasteiger partial charge in [0.2, 0.25) is 5.91 Å². The number of carbonyl (C=O) groups excluding carboxylic acids is 2. The smallest absolute Gasteiger partial charge is 0.293 e. The molecule has 1 fully saturated rings. The molecule has 2 heterocycles. The number of piperazine rings is 1. The number of aromatic nitrogens is 2. The standard InChI is InChI=1S/C16H17N5O4/c1-11(22)12-3-4-14(15(7-12)21(24)25)19-5-6-20(16(23)10-19)13-8-17-18(2)9-13/h3-4,7-9H,5-6,10H2,1-2H3. The monoisotopic (exact) mass is 343 g/mol. The topological polar surface area (TPSA) is 102 Å². The molecule has 1 amide bonds. The van der Waals surface area contributed by atoms with E-state index in [1.165, 1.54) is 19.1 Å². The Morgan fingerprint density at radius 3 is 2.64 bits per heavy atom. The lowest BCUT2D eigenvalue weighted by Crippen LogP contribution is -2.50. The first-order valence-corrected chi connectivity index (χ1v) is 7.70. The van der Waals surface area contributed by atoms with Crippen LogP contribution in [-0.2, 0) is 11.8 Å². The molecule has 0 bridgehead atoms. The molecule has 0 aliphatic carbocycles. The molecule has 0 unspecified atom stereocenters. The minimum atomic E-state index is -0.528. The van der Waals surface area contributed by atoms with Gasteiger partial charge in [0.25, 0.3) is 5.69 Å². The number of carbonyl (C=O) groups is 2. The Kier molecular flexibility index (Phi) is 4.22. The van der Waals surface area contributed by atoms with Gasteiger partial charge in [-0.15, -0.1) is 0 Å². The molecule has 0 atom stereocenters. The summed E-state index contributed by atoms with van der Waals surface area (Å²) in [5, 5.41) is 15.4. The number of benzene rings is 1. The highest BCUT2D eigenvalue weighted by atomic mass is 16.6. The van der Waals surface area contributed by atoms with Crippen LogP contribution in [0, 0.1) is 10.1 Å². The number of hydrogen-bond donors (Lipinski definition) is 0. The van der Waals surface area contributed by atoms with Crippen molar-refractivity contribution < 1.29 is 14.5 Å². The Labute approximate surface area is 143 Å². The van der Waals surface area contributed by atoms with Crippen LogP contribution in [0.2, 0.25) is 0 Å². The van der Waals surface area contributed by atoms with Crippen LogP contribution in [0.25, 0.3) is 0 Å². The highest BCUT2D eigenvalue weighted by Gasteiger charge is 2.30. The van der Waals surface area contributed by atoms with Crippen LogP contribution in [0.5, 0.6) is 0 Å². The number of ketones is 1. The van der Waals surface area contributed by atoms with E-state index in [1.807, 2.05) is 0 Å². The molecule has 2 aromatic rings. The number of aryl methyl sites for hydroxylation is 1. The molecule has 1 aromatic heterocycles. The van der Waals surface area contributed by atoms with Gasteiger partial charge in [0.1, 0.15) is 5.69 Å². The van der Waals surface area contributed by atoms with Crippen LogP contribution in [0.15, 0.2) is 30.6 Å². The molecule has 9 nitrogen and oxygen atoms in total. The molecule has 1 saturated heterocycles. The van der Waals surface area contributed by atoms with E-state index < -0.39 is 4.92 Å². The molecular formula is C16H17N5O4. The average molecular weight is 343 g/mol. The summed E-state index contributed by atoms with van der Waals surface area (Å²) in [6, 6.07) is 4.33. The van der Waals surface area contributed by atoms with E-state index >= 15 is 0 Å². The number of nitrogens with zero attached hydrogens (tertiary/aromatic N) is 5. The van der Waals surface area contributed by atoms with Crippen molar-refractivity contribution in [2.24, 2.45) is 7.05 Å². The van der Waals surface area contributed by atoms with Crippen LogP contribution in [0.1, 0.15) is 17.3 Å². The molecule has 0 radical (unpaired) electrons. The number of amides is 1. The van der Waals surface area contributed by atoms with Crippen molar-refractivity contribution in [1.29, 1.82) is 0 Å². The summed E-state index contributed by atoms with van der Waals surface area (Å²) in [6.07, 6.45) is 3.36. The average Bonchev–Trinajstić information content (AvgIpc) is 3.00. The molecule has 130 valence electrons. The Hall–Kier alpha value is -3.23. The van der Waals surface area contributed by atoms with Crippen LogP contribution >= 0.6 is 0 Å². The number of anilines is 2. The van der Waals surface area contributed by atoms with E-state index in [-0.39, 0.29) is 29.5 Å². The minimum absolute atomic E-state index is 0.0230. The van der Waals surface area contributed by atoms with Crippen LogP contribution in [0.3, 0.4) is 0 Å². The van der Waals surface area contributed by atoms with Crippen molar-refractivity contribution in [2.75, 3.05) is 29.4 Å². The molecule has 1 aromatic carbocycles. The molecule has 1 aliphatic heterocycles. The third-order valence-corrected chi connectivity index (χ3v) is 4.14. The first-order chi connectivity index (χ1) is 11.9. The third kappa shape index (κ3) is 3.21. The highest BCUT2D eigenvalue weighted by molar-refractivity contribution is 5.99. The second kappa shape index (κ2) is 6.34. The second-order valence-corrected chi connectivity index (χ2v) is 5.86. The van der Waals surface area contributed by atoms with Crippen molar-refractivity contribution in [3.8, 4) is 0 Å². The van der Waals surface area contributed by atoms with Gasteiger partial charge in [0.05, 0.1) is 23.4 Å². The molecule has 0 saturated carbocycles. The Morgan fingerprint density at radius 2 is 2.08 bits per heavy atom. The Bertz CT molecular complexity index is 860. The zero-order valence-corrected chi connectivity index (χ0v) is 13.9. The van der Waals surface area contributed by atoms with Crippen molar-refractivity contribution in [2.45, 2.75) is 6.92 Å². The van der Waals surface area contributed by atoms with Gasteiger partial charge in [0.15, 0.2) is 5.78 Å². The third-order valence-electron chi connectivity index (χ3n) is 4.14. The summed E-state index contributed by atoms with van der Waals surface area (Å²) >= 11 is 0. The van der Waals surface area contributed by atoms with E-state index in [2.05, 4.69) is 5.10 Å². The van der Waals surface area contributed by atoms with E-state index in [0.29, 0.717) is 24.5 Å². The molecule has 1 aliphatic rings. The normalized spacial score (nSPS) is 14.7. The number of nitro benzene ring substituents is 1. The molecule has 9 heteroatoms. The number of rotatable bonds is 4. The van der Waals surface area contributed by atoms with Gasteiger partial charge in [-0.1, -0.05) is 0 Å². The molecular weight excluding hydrogens is 326 g/mol. The summed E-state index contributed by atoms with van der Waals surface area (Å²) in [4.78, 5) is 38.0. The van der Waals surface area contributed by atoms with Gasteiger partial charge in [-0.05, 0) is 19.1 Å². The number of Topliss-reactive ketones (excluding diaryl/α,β-unsaturated/α-hetero) is 1. The van der Waals surface area contributed by atoms with Crippen LogP contribution in [-0.4, -0.2) is 46.0 Å². The predicted molar refractivity (Wildman–Crippen MR) is 90.9 cm³/mol. The summed E-state index contributed by atoms with van der Waals surface area (Å²) in [6.45, 7) is 2.22. The van der Waals surface area contributed by atoms with E-state index in [1.54, 1.807) is 40.0 Å². The number of nitro groups is 1. The maximum absolute atomic E-state index is 12.5. The van der Waals surface area contributed by atoms with Crippen molar-refractivity contribution in [3.63, 3.8) is 0 Å². The summed E-state index contributed by atoms with van der Waals surface area (Å²) in [5.41, 5.74) is 1.15.